The fourth-order valence-electron chi connectivity index (χ4n) is 2.53. The second kappa shape index (κ2) is 8.72. The number of nitrogens with zero attached hydrogens (tertiary/aromatic N) is 2. The highest BCUT2D eigenvalue weighted by molar-refractivity contribution is 9.10. The van der Waals surface area contributed by atoms with Crippen LogP contribution in [0, 0.1) is 16.7 Å². The van der Waals surface area contributed by atoms with Gasteiger partial charge in [-0.05, 0) is 24.3 Å². The van der Waals surface area contributed by atoms with Gasteiger partial charge in [-0.25, -0.2) is 0 Å². The van der Waals surface area contributed by atoms with Gasteiger partial charge in [-0.15, -0.1) is 17.9 Å². The molecule has 0 aliphatic carbocycles. The molecule has 2 aromatic rings. The van der Waals surface area contributed by atoms with Crippen LogP contribution >= 0.6 is 27.3 Å². The van der Waals surface area contributed by atoms with Gasteiger partial charge in [-0.2, -0.15) is 5.26 Å². The summed E-state index contributed by atoms with van der Waals surface area (Å²) in [7, 11) is 1.56. The molecule has 0 atom stereocenters. The summed E-state index contributed by atoms with van der Waals surface area (Å²) in [6.07, 6.45) is 3.27. The molecule has 0 bridgehead atoms. The van der Waals surface area contributed by atoms with Crippen LogP contribution in [0.25, 0.3) is 11.6 Å². The molecular formula is C21H21BrN2O3S. The van der Waals surface area contributed by atoms with E-state index in [4.69, 9.17) is 4.74 Å². The molecule has 0 saturated carbocycles. The number of thiazole rings is 1. The SMILES string of the molecule is C=CCn1c(=C(C#N)C(=O)C(C)(C)C)sc(=Cc2cc(Br)ccc2OC)c1=O. The Bertz CT molecular complexity index is 1140. The summed E-state index contributed by atoms with van der Waals surface area (Å²) in [5, 5.41) is 9.64. The van der Waals surface area contributed by atoms with Crippen molar-refractivity contribution in [2.75, 3.05) is 7.11 Å². The molecule has 0 unspecified atom stereocenters. The predicted molar refractivity (Wildman–Crippen MR) is 116 cm³/mol. The van der Waals surface area contributed by atoms with Crippen LogP contribution in [-0.2, 0) is 11.3 Å². The molecule has 7 heteroatoms. The van der Waals surface area contributed by atoms with E-state index in [1.807, 2.05) is 18.2 Å². The molecule has 1 aromatic heterocycles. The van der Waals surface area contributed by atoms with Crippen LogP contribution in [0.4, 0.5) is 0 Å². The number of ketones is 1. The number of rotatable bonds is 5. The third-order valence-corrected chi connectivity index (χ3v) is 5.56. The van der Waals surface area contributed by atoms with Gasteiger partial charge in [0.2, 0.25) is 0 Å². The lowest BCUT2D eigenvalue weighted by Crippen LogP contribution is -2.34. The maximum absolute atomic E-state index is 13.0. The number of carbonyl (C=O) groups excluding carboxylic acids is 1. The second-order valence-electron chi connectivity index (χ2n) is 7.07. The Hall–Kier alpha value is -2.43. The zero-order valence-corrected chi connectivity index (χ0v) is 18.6. The monoisotopic (exact) mass is 460 g/mol. The molecule has 0 spiro atoms. The van der Waals surface area contributed by atoms with Crippen molar-refractivity contribution in [3.05, 3.63) is 60.4 Å². The Morgan fingerprint density at radius 1 is 1.43 bits per heavy atom. The third kappa shape index (κ3) is 4.51. The number of methoxy groups -OCH3 is 1. The molecular weight excluding hydrogens is 440 g/mol. The summed E-state index contributed by atoms with van der Waals surface area (Å²) in [6, 6.07) is 7.47. The summed E-state index contributed by atoms with van der Waals surface area (Å²) in [6.45, 7) is 9.12. The average molecular weight is 461 g/mol. The van der Waals surface area contributed by atoms with Crippen molar-refractivity contribution < 1.29 is 9.53 Å². The smallest absolute Gasteiger partial charge is 0.269 e. The van der Waals surface area contributed by atoms with Crippen LogP contribution < -0.4 is 19.5 Å². The molecule has 28 heavy (non-hydrogen) atoms. The molecule has 5 nitrogen and oxygen atoms in total. The van der Waals surface area contributed by atoms with Crippen LogP contribution in [0.1, 0.15) is 26.3 Å². The van der Waals surface area contributed by atoms with Crippen molar-refractivity contribution in [2.24, 2.45) is 5.41 Å². The summed E-state index contributed by atoms with van der Waals surface area (Å²) < 4.78 is 8.37. The van der Waals surface area contributed by atoms with E-state index in [2.05, 4.69) is 22.5 Å². The van der Waals surface area contributed by atoms with E-state index >= 15 is 0 Å². The number of benzene rings is 1. The minimum Gasteiger partial charge on any atom is -0.496 e. The van der Waals surface area contributed by atoms with Crippen LogP contribution in [-0.4, -0.2) is 17.5 Å². The van der Waals surface area contributed by atoms with Crippen LogP contribution in [0.3, 0.4) is 0 Å². The lowest BCUT2D eigenvalue weighted by molar-refractivity contribution is -0.120. The van der Waals surface area contributed by atoms with Gasteiger partial charge in [-0.3, -0.25) is 14.2 Å². The normalized spacial score (nSPS) is 13.1. The van der Waals surface area contributed by atoms with Gasteiger partial charge in [0, 0.05) is 22.0 Å². The van der Waals surface area contributed by atoms with Crippen molar-refractivity contribution in [1.29, 1.82) is 5.26 Å². The maximum atomic E-state index is 13.0. The number of Topliss-reactive ketones (excluding diaryl/α,β-unsaturated/α-hetero) is 1. The number of hydrogen-bond donors (Lipinski definition) is 0. The number of aromatic nitrogens is 1. The summed E-state index contributed by atoms with van der Waals surface area (Å²) >= 11 is 4.54. The molecule has 1 heterocycles. The number of allylic oxidation sites excluding steroid dienone is 1. The molecule has 0 aliphatic heterocycles. The van der Waals surface area contributed by atoms with Crippen molar-refractivity contribution in [2.45, 2.75) is 27.3 Å². The molecule has 0 N–H and O–H groups in total. The summed E-state index contributed by atoms with van der Waals surface area (Å²) in [5.41, 5.74) is -0.316. The maximum Gasteiger partial charge on any atom is 0.269 e. The fraction of sp³-hybridized carbons (Fsp3) is 0.286. The third-order valence-electron chi connectivity index (χ3n) is 3.93. The molecule has 2 rings (SSSR count). The molecule has 146 valence electrons. The predicted octanol–water partition coefficient (Wildman–Crippen LogP) is 2.99. The van der Waals surface area contributed by atoms with E-state index in [1.54, 1.807) is 46.1 Å². The Morgan fingerprint density at radius 2 is 2.11 bits per heavy atom. The van der Waals surface area contributed by atoms with E-state index in [9.17, 15) is 14.9 Å². The van der Waals surface area contributed by atoms with Gasteiger partial charge in [0.1, 0.15) is 22.1 Å². The first-order valence-corrected chi connectivity index (χ1v) is 10.1. The first-order chi connectivity index (χ1) is 13.1. The van der Waals surface area contributed by atoms with Gasteiger partial charge >= 0.3 is 0 Å². The first-order valence-electron chi connectivity index (χ1n) is 8.49. The summed E-state index contributed by atoms with van der Waals surface area (Å²) in [5.74, 6) is 0.309. The van der Waals surface area contributed by atoms with Crippen molar-refractivity contribution in [3.63, 3.8) is 0 Å². The zero-order valence-electron chi connectivity index (χ0n) is 16.2. The number of hydrogen-bond acceptors (Lipinski definition) is 5. The lowest BCUT2D eigenvalue weighted by Gasteiger charge is -2.15. The zero-order chi connectivity index (χ0) is 21.1. The molecule has 0 saturated heterocycles. The van der Waals surface area contributed by atoms with E-state index in [-0.39, 0.29) is 23.5 Å². The average Bonchev–Trinajstić information content (AvgIpc) is 2.92. The van der Waals surface area contributed by atoms with Crippen LogP contribution in [0.2, 0.25) is 0 Å². The largest absolute Gasteiger partial charge is 0.496 e. The highest BCUT2D eigenvalue weighted by Crippen LogP contribution is 2.23. The molecule has 0 amide bonds. The molecule has 0 radical (unpaired) electrons. The number of nitriles is 1. The first kappa shape index (κ1) is 21.9. The van der Waals surface area contributed by atoms with Gasteiger partial charge in [-0.1, -0.05) is 42.8 Å². The minimum absolute atomic E-state index is 0.0164. The summed E-state index contributed by atoms with van der Waals surface area (Å²) in [4.78, 5) is 25.7. The van der Waals surface area contributed by atoms with Gasteiger partial charge < -0.3 is 4.74 Å². The highest BCUT2D eigenvalue weighted by Gasteiger charge is 2.27. The fourth-order valence-corrected chi connectivity index (χ4v) is 4.01. The Balaban J connectivity index is 2.91. The van der Waals surface area contributed by atoms with Crippen LogP contribution in [0.15, 0.2) is 40.1 Å². The highest BCUT2D eigenvalue weighted by atomic mass is 79.9. The van der Waals surface area contributed by atoms with Gasteiger partial charge in [0.05, 0.1) is 11.6 Å². The standard InChI is InChI=1S/C21H21BrN2O3S/c1-6-9-24-19(26)17(11-13-10-14(22)7-8-16(13)27-5)28-20(24)15(12-23)18(25)21(2,3)4/h6-8,10-11H,1,9H2,2-5H3. The number of halogens is 1. The van der Waals surface area contributed by atoms with Crippen molar-refractivity contribution >= 4 is 44.7 Å². The van der Waals surface area contributed by atoms with E-state index in [0.29, 0.717) is 20.5 Å². The lowest BCUT2D eigenvalue weighted by atomic mass is 9.87. The Labute approximate surface area is 176 Å². The molecule has 0 aliphatic rings. The second-order valence-corrected chi connectivity index (χ2v) is 9.02. The minimum atomic E-state index is -0.735. The number of carbonyl (C=O) groups is 1. The van der Waals surface area contributed by atoms with Crippen molar-refractivity contribution in [1.82, 2.24) is 4.57 Å². The number of ether oxygens (including phenoxy) is 1. The van der Waals surface area contributed by atoms with Gasteiger partial charge in [0.15, 0.2) is 5.78 Å². The topological polar surface area (TPSA) is 72.1 Å². The molecule has 0 fully saturated rings. The quantitative estimate of drug-likeness (QED) is 0.642. The Morgan fingerprint density at radius 3 is 2.64 bits per heavy atom. The van der Waals surface area contributed by atoms with Crippen LogP contribution in [0.5, 0.6) is 5.75 Å². The van der Waals surface area contributed by atoms with Gasteiger partial charge in [0.25, 0.3) is 5.56 Å². The van der Waals surface area contributed by atoms with E-state index < -0.39 is 5.41 Å². The molecule has 1 aromatic carbocycles. The Kier molecular flexibility index (Phi) is 6.81. The van der Waals surface area contributed by atoms with E-state index in [1.165, 1.54) is 4.57 Å². The van der Waals surface area contributed by atoms with Crippen molar-refractivity contribution in [3.8, 4) is 11.8 Å². The van der Waals surface area contributed by atoms with E-state index in [0.717, 1.165) is 15.8 Å².